The molecule has 0 aromatic carbocycles. The molecule has 0 unspecified atom stereocenters. The molecule has 0 aliphatic carbocycles. The van der Waals surface area contributed by atoms with Crippen LogP contribution in [0.4, 0.5) is 0 Å². The van der Waals surface area contributed by atoms with E-state index in [4.69, 9.17) is 4.74 Å². The molecule has 0 saturated carbocycles. The van der Waals surface area contributed by atoms with Crippen LogP contribution >= 0.6 is 0 Å². The molecule has 1 rings (SSSR count). The average Bonchev–Trinajstić information content (AvgIpc) is 2.32. The van der Waals surface area contributed by atoms with Crippen LogP contribution in [0.3, 0.4) is 0 Å². The van der Waals surface area contributed by atoms with Crippen molar-refractivity contribution in [3.8, 4) is 0 Å². The smallest absolute Gasteiger partial charge is 0.168 e. The van der Waals surface area contributed by atoms with Crippen molar-refractivity contribution in [3.05, 3.63) is 23.8 Å². The first kappa shape index (κ1) is 11.8. The van der Waals surface area contributed by atoms with Crippen molar-refractivity contribution in [2.75, 3.05) is 7.11 Å². The summed E-state index contributed by atoms with van der Waals surface area (Å²) in [6.45, 7) is 4.04. The Balaban J connectivity index is 3.16. The lowest BCUT2D eigenvalue weighted by Gasteiger charge is -2.28. The van der Waals surface area contributed by atoms with Gasteiger partial charge in [0, 0.05) is 13.3 Å². The molecular weight excluding hydrogens is 192 g/mol. The standard InChI is InChI=1S/C11H16N2O2/c1-4-11(5-2,15-3)10-12-7-6-9(8-14)13-10/h6-8H,4-5H2,1-3H3. The summed E-state index contributed by atoms with van der Waals surface area (Å²) in [7, 11) is 1.64. The molecule has 0 bridgehead atoms. The number of aromatic nitrogens is 2. The van der Waals surface area contributed by atoms with E-state index in [1.165, 1.54) is 0 Å². The van der Waals surface area contributed by atoms with Crippen molar-refractivity contribution in [2.24, 2.45) is 0 Å². The summed E-state index contributed by atoms with van der Waals surface area (Å²) < 4.78 is 5.48. The Kier molecular flexibility index (Phi) is 3.91. The van der Waals surface area contributed by atoms with Gasteiger partial charge in [0.05, 0.1) is 0 Å². The Labute approximate surface area is 89.7 Å². The minimum atomic E-state index is -0.473. The van der Waals surface area contributed by atoms with Crippen LogP contribution in [0, 0.1) is 0 Å². The van der Waals surface area contributed by atoms with Crippen LogP contribution in [0.5, 0.6) is 0 Å². The third kappa shape index (κ3) is 2.21. The molecule has 0 fully saturated rings. The number of rotatable bonds is 5. The number of aldehydes is 1. The van der Waals surface area contributed by atoms with Crippen molar-refractivity contribution in [1.82, 2.24) is 9.97 Å². The highest BCUT2D eigenvalue weighted by atomic mass is 16.5. The SMILES string of the molecule is CCC(CC)(OC)c1nccc(C=O)n1. The van der Waals surface area contributed by atoms with Gasteiger partial charge < -0.3 is 4.74 Å². The third-order valence-corrected chi connectivity index (χ3v) is 2.74. The van der Waals surface area contributed by atoms with Gasteiger partial charge in [-0.2, -0.15) is 0 Å². The quantitative estimate of drug-likeness (QED) is 0.694. The fraction of sp³-hybridized carbons (Fsp3) is 0.545. The molecule has 0 atom stereocenters. The van der Waals surface area contributed by atoms with Crippen molar-refractivity contribution < 1.29 is 9.53 Å². The predicted molar refractivity (Wildman–Crippen MR) is 56.7 cm³/mol. The molecule has 0 radical (unpaired) electrons. The molecule has 4 nitrogen and oxygen atoms in total. The zero-order valence-electron chi connectivity index (χ0n) is 9.36. The lowest BCUT2D eigenvalue weighted by Crippen LogP contribution is -2.29. The molecule has 1 aromatic rings. The third-order valence-electron chi connectivity index (χ3n) is 2.74. The minimum absolute atomic E-state index is 0.392. The Hall–Kier alpha value is -1.29. The molecule has 0 amide bonds. The molecular formula is C11H16N2O2. The number of carbonyl (C=O) groups is 1. The van der Waals surface area contributed by atoms with Crippen molar-refractivity contribution >= 4 is 6.29 Å². The van der Waals surface area contributed by atoms with Gasteiger partial charge in [-0.05, 0) is 18.9 Å². The van der Waals surface area contributed by atoms with Gasteiger partial charge in [-0.25, -0.2) is 9.97 Å². The summed E-state index contributed by atoms with van der Waals surface area (Å²) >= 11 is 0. The fourth-order valence-corrected chi connectivity index (χ4v) is 1.60. The molecule has 0 aliphatic rings. The minimum Gasteiger partial charge on any atom is -0.370 e. The predicted octanol–water partition coefficient (Wildman–Crippen LogP) is 1.95. The molecule has 0 aliphatic heterocycles. The topological polar surface area (TPSA) is 52.1 Å². The number of nitrogens with zero attached hydrogens (tertiary/aromatic N) is 2. The lowest BCUT2D eigenvalue weighted by molar-refractivity contribution is -0.0292. The van der Waals surface area contributed by atoms with Gasteiger partial charge in [-0.1, -0.05) is 13.8 Å². The Bertz CT molecular complexity index is 327. The van der Waals surface area contributed by atoms with Crippen LogP contribution in [0.1, 0.15) is 43.0 Å². The molecule has 1 aromatic heterocycles. The maximum atomic E-state index is 10.6. The van der Waals surface area contributed by atoms with E-state index in [1.54, 1.807) is 19.4 Å². The van der Waals surface area contributed by atoms with E-state index in [0.717, 1.165) is 19.1 Å². The number of methoxy groups -OCH3 is 1. The van der Waals surface area contributed by atoms with Gasteiger partial charge in [0.2, 0.25) is 0 Å². The normalized spacial score (nSPS) is 11.4. The Morgan fingerprint density at radius 2 is 2.13 bits per heavy atom. The lowest BCUT2D eigenvalue weighted by atomic mass is 9.96. The molecule has 82 valence electrons. The van der Waals surface area contributed by atoms with Gasteiger partial charge in [-0.15, -0.1) is 0 Å². The zero-order chi connectivity index (χ0) is 11.3. The first-order valence-corrected chi connectivity index (χ1v) is 5.06. The summed E-state index contributed by atoms with van der Waals surface area (Å²) in [4.78, 5) is 19.0. The Morgan fingerprint density at radius 1 is 1.47 bits per heavy atom. The van der Waals surface area contributed by atoms with E-state index in [-0.39, 0.29) is 0 Å². The maximum absolute atomic E-state index is 10.6. The second kappa shape index (κ2) is 4.98. The van der Waals surface area contributed by atoms with E-state index in [0.29, 0.717) is 11.5 Å². The maximum Gasteiger partial charge on any atom is 0.168 e. The molecule has 0 spiro atoms. The average molecular weight is 208 g/mol. The molecule has 4 heteroatoms. The van der Waals surface area contributed by atoms with Gasteiger partial charge in [0.15, 0.2) is 12.1 Å². The van der Waals surface area contributed by atoms with Crippen LogP contribution in [0.25, 0.3) is 0 Å². The van der Waals surface area contributed by atoms with Gasteiger partial charge in [0.25, 0.3) is 0 Å². The van der Waals surface area contributed by atoms with E-state index < -0.39 is 5.60 Å². The number of ether oxygens (including phenoxy) is 1. The molecule has 0 saturated heterocycles. The summed E-state index contributed by atoms with van der Waals surface area (Å²) in [6, 6.07) is 1.59. The van der Waals surface area contributed by atoms with Gasteiger partial charge in [0.1, 0.15) is 11.3 Å². The van der Waals surface area contributed by atoms with Gasteiger partial charge in [-0.3, -0.25) is 4.79 Å². The van der Waals surface area contributed by atoms with Crippen molar-refractivity contribution in [1.29, 1.82) is 0 Å². The van der Waals surface area contributed by atoms with Crippen LogP contribution < -0.4 is 0 Å². The fourth-order valence-electron chi connectivity index (χ4n) is 1.60. The largest absolute Gasteiger partial charge is 0.370 e. The molecule has 15 heavy (non-hydrogen) atoms. The second-order valence-electron chi connectivity index (χ2n) is 3.33. The van der Waals surface area contributed by atoms with E-state index in [9.17, 15) is 4.79 Å². The van der Waals surface area contributed by atoms with Gasteiger partial charge >= 0.3 is 0 Å². The molecule has 1 heterocycles. The van der Waals surface area contributed by atoms with Crippen LogP contribution in [-0.2, 0) is 10.3 Å². The van der Waals surface area contributed by atoms with Crippen molar-refractivity contribution in [2.45, 2.75) is 32.3 Å². The van der Waals surface area contributed by atoms with E-state index >= 15 is 0 Å². The highest BCUT2D eigenvalue weighted by molar-refractivity contribution is 5.71. The molecule has 0 N–H and O–H groups in total. The summed E-state index contributed by atoms with van der Waals surface area (Å²) in [5.41, 5.74) is -0.0812. The highest BCUT2D eigenvalue weighted by Crippen LogP contribution is 2.29. The Morgan fingerprint density at radius 3 is 2.60 bits per heavy atom. The summed E-state index contributed by atoms with van der Waals surface area (Å²) in [5, 5.41) is 0. The first-order chi connectivity index (χ1) is 7.22. The number of hydrogen-bond acceptors (Lipinski definition) is 4. The summed E-state index contributed by atoms with van der Waals surface area (Å²) in [6.07, 6.45) is 3.87. The van der Waals surface area contributed by atoms with Crippen LogP contribution in [0.2, 0.25) is 0 Å². The number of hydrogen-bond donors (Lipinski definition) is 0. The highest BCUT2D eigenvalue weighted by Gasteiger charge is 2.31. The van der Waals surface area contributed by atoms with E-state index in [2.05, 4.69) is 9.97 Å². The second-order valence-corrected chi connectivity index (χ2v) is 3.33. The monoisotopic (exact) mass is 208 g/mol. The number of carbonyl (C=O) groups excluding carboxylic acids is 1. The van der Waals surface area contributed by atoms with Crippen LogP contribution in [0.15, 0.2) is 12.3 Å². The van der Waals surface area contributed by atoms with Crippen molar-refractivity contribution in [3.63, 3.8) is 0 Å². The van der Waals surface area contributed by atoms with E-state index in [1.807, 2.05) is 13.8 Å². The zero-order valence-corrected chi connectivity index (χ0v) is 9.36. The first-order valence-electron chi connectivity index (χ1n) is 5.06. The summed E-state index contributed by atoms with van der Waals surface area (Å²) in [5.74, 6) is 0.583. The van der Waals surface area contributed by atoms with Crippen LogP contribution in [-0.4, -0.2) is 23.4 Å².